The second kappa shape index (κ2) is 12.1. The molecule has 164 valence electrons. The zero-order valence-corrected chi connectivity index (χ0v) is 18.3. The average molecular weight is 417 g/mol. The summed E-state index contributed by atoms with van der Waals surface area (Å²) in [7, 11) is 0. The largest absolute Gasteiger partial charge is 0.494 e. The highest BCUT2D eigenvalue weighted by molar-refractivity contribution is 5.75. The maximum atomic E-state index is 12.2. The van der Waals surface area contributed by atoms with E-state index in [1.807, 2.05) is 45.0 Å². The van der Waals surface area contributed by atoms with Gasteiger partial charge in [0.1, 0.15) is 11.6 Å². The number of hydrogen-bond donors (Lipinski definition) is 0. The maximum Gasteiger partial charge on any atom is 0.335 e. The Balaban J connectivity index is 1.86. The van der Waals surface area contributed by atoms with E-state index in [2.05, 4.69) is 4.98 Å². The molecule has 1 unspecified atom stereocenters. The van der Waals surface area contributed by atoms with Crippen LogP contribution in [0.1, 0.15) is 44.3 Å². The standard InChI is InChI=1S/C23H32N2O5/c1-5-21-24-17(4)15-22(26)25(21)13-8-14-30-19-11-9-18(10-12-19)16-20(28-6-2)23(27)29-7-3/h9-12,15,20H,5-8,13-14,16H2,1-4H3. The topological polar surface area (TPSA) is 79.7 Å². The van der Waals surface area contributed by atoms with Crippen molar-refractivity contribution in [2.45, 2.75) is 59.6 Å². The summed E-state index contributed by atoms with van der Waals surface area (Å²) in [6.45, 7) is 9.31. The molecule has 0 N–H and O–H groups in total. The van der Waals surface area contributed by atoms with E-state index in [0.29, 0.717) is 45.6 Å². The van der Waals surface area contributed by atoms with Crippen LogP contribution in [-0.2, 0) is 33.7 Å². The monoisotopic (exact) mass is 416 g/mol. The summed E-state index contributed by atoms with van der Waals surface area (Å²) in [6, 6.07) is 9.15. The first-order chi connectivity index (χ1) is 14.5. The van der Waals surface area contributed by atoms with Crippen LogP contribution in [0.25, 0.3) is 0 Å². The molecule has 0 fully saturated rings. The Kier molecular flexibility index (Phi) is 9.54. The third kappa shape index (κ3) is 6.99. The Morgan fingerprint density at radius 1 is 1.13 bits per heavy atom. The highest BCUT2D eigenvalue weighted by atomic mass is 16.6. The Bertz CT molecular complexity index is 861. The lowest BCUT2D eigenvalue weighted by atomic mass is 10.1. The lowest BCUT2D eigenvalue weighted by molar-refractivity contribution is -0.156. The average Bonchev–Trinajstić information content (AvgIpc) is 2.73. The summed E-state index contributed by atoms with van der Waals surface area (Å²) >= 11 is 0. The number of rotatable bonds is 12. The van der Waals surface area contributed by atoms with Gasteiger partial charge in [-0.1, -0.05) is 19.1 Å². The fourth-order valence-corrected chi connectivity index (χ4v) is 3.18. The van der Waals surface area contributed by atoms with Gasteiger partial charge in [-0.05, 0) is 44.9 Å². The Morgan fingerprint density at radius 2 is 1.87 bits per heavy atom. The fourth-order valence-electron chi connectivity index (χ4n) is 3.18. The number of carbonyl (C=O) groups is 1. The van der Waals surface area contributed by atoms with E-state index in [1.165, 1.54) is 0 Å². The predicted octanol–water partition coefficient (Wildman–Crippen LogP) is 3.09. The van der Waals surface area contributed by atoms with Crippen molar-refractivity contribution < 1.29 is 19.0 Å². The summed E-state index contributed by atoms with van der Waals surface area (Å²) in [5, 5.41) is 0. The van der Waals surface area contributed by atoms with Crippen molar-refractivity contribution in [3.63, 3.8) is 0 Å². The molecule has 1 atom stereocenters. The van der Waals surface area contributed by atoms with Crippen molar-refractivity contribution in [1.29, 1.82) is 0 Å². The summed E-state index contributed by atoms with van der Waals surface area (Å²) in [5.74, 6) is 1.20. The molecular formula is C23H32N2O5. The van der Waals surface area contributed by atoms with Crippen LogP contribution >= 0.6 is 0 Å². The van der Waals surface area contributed by atoms with E-state index >= 15 is 0 Å². The number of ether oxygens (including phenoxy) is 3. The Hall–Kier alpha value is -2.67. The first-order valence-electron chi connectivity index (χ1n) is 10.6. The minimum absolute atomic E-state index is 0.0193. The van der Waals surface area contributed by atoms with Crippen molar-refractivity contribution in [3.8, 4) is 5.75 Å². The minimum Gasteiger partial charge on any atom is -0.494 e. The molecule has 1 aromatic carbocycles. The molecule has 7 nitrogen and oxygen atoms in total. The first kappa shape index (κ1) is 23.6. The van der Waals surface area contributed by atoms with E-state index in [-0.39, 0.29) is 11.5 Å². The predicted molar refractivity (Wildman–Crippen MR) is 115 cm³/mol. The molecule has 0 amide bonds. The van der Waals surface area contributed by atoms with Gasteiger partial charge in [-0.2, -0.15) is 0 Å². The smallest absolute Gasteiger partial charge is 0.335 e. The van der Waals surface area contributed by atoms with E-state index in [1.54, 1.807) is 17.6 Å². The van der Waals surface area contributed by atoms with Gasteiger partial charge in [0.05, 0.1) is 13.2 Å². The number of aromatic nitrogens is 2. The molecule has 0 radical (unpaired) electrons. The minimum atomic E-state index is -0.601. The van der Waals surface area contributed by atoms with Gasteiger partial charge >= 0.3 is 5.97 Å². The lowest BCUT2D eigenvalue weighted by Gasteiger charge is -2.16. The van der Waals surface area contributed by atoms with E-state index in [4.69, 9.17) is 14.2 Å². The molecule has 2 aromatic rings. The van der Waals surface area contributed by atoms with Crippen molar-refractivity contribution in [1.82, 2.24) is 9.55 Å². The zero-order valence-electron chi connectivity index (χ0n) is 18.3. The van der Waals surface area contributed by atoms with Gasteiger partial charge in [-0.25, -0.2) is 9.78 Å². The number of nitrogens with zero attached hydrogens (tertiary/aromatic N) is 2. The summed E-state index contributed by atoms with van der Waals surface area (Å²) in [6.07, 6.45) is 1.27. The number of hydrogen-bond acceptors (Lipinski definition) is 6. The van der Waals surface area contributed by atoms with Crippen LogP contribution in [0.5, 0.6) is 5.75 Å². The summed E-state index contributed by atoms with van der Waals surface area (Å²) in [5.41, 5.74) is 1.70. The molecule has 30 heavy (non-hydrogen) atoms. The second-order valence-corrected chi connectivity index (χ2v) is 6.90. The van der Waals surface area contributed by atoms with Crippen LogP contribution in [0.15, 0.2) is 35.1 Å². The van der Waals surface area contributed by atoms with Gasteiger partial charge in [0.2, 0.25) is 0 Å². The molecule has 0 bridgehead atoms. The molecule has 0 aliphatic heterocycles. The molecule has 2 rings (SSSR count). The zero-order chi connectivity index (χ0) is 21.9. The molecule has 0 aliphatic rings. The molecule has 0 aliphatic carbocycles. The molecule has 1 heterocycles. The van der Waals surface area contributed by atoms with Crippen molar-refractivity contribution in [3.05, 3.63) is 57.8 Å². The third-order valence-corrected chi connectivity index (χ3v) is 4.59. The molecule has 0 spiro atoms. The van der Waals surface area contributed by atoms with Gasteiger partial charge in [-0.3, -0.25) is 9.36 Å². The number of esters is 1. The normalized spacial score (nSPS) is 11.9. The van der Waals surface area contributed by atoms with E-state index in [9.17, 15) is 9.59 Å². The van der Waals surface area contributed by atoms with Gasteiger partial charge in [0.15, 0.2) is 6.10 Å². The SMILES string of the molecule is CCOC(=O)C(Cc1ccc(OCCCn2c(CC)nc(C)cc2=O)cc1)OCC. The quantitative estimate of drug-likeness (QED) is 0.391. The maximum absolute atomic E-state index is 12.2. The van der Waals surface area contributed by atoms with Crippen molar-refractivity contribution >= 4 is 5.97 Å². The summed E-state index contributed by atoms with van der Waals surface area (Å²) < 4.78 is 18.1. The van der Waals surface area contributed by atoms with Crippen LogP contribution in [0, 0.1) is 6.92 Å². The number of benzene rings is 1. The Labute approximate surface area is 178 Å². The highest BCUT2D eigenvalue weighted by Crippen LogP contribution is 2.15. The van der Waals surface area contributed by atoms with Crippen LogP contribution in [0.3, 0.4) is 0 Å². The van der Waals surface area contributed by atoms with Gasteiger partial charge in [0.25, 0.3) is 5.56 Å². The molecule has 0 saturated carbocycles. The number of carbonyl (C=O) groups excluding carboxylic acids is 1. The number of aryl methyl sites for hydroxylation is 2. The summed E-state index contributed by atoms with van der Waals surface area (Å²) in [4.78, 5) is 28.6. The van der Waals surface area contributed by atoms with Crippen LogP contribution in [0.4, 0.5) is 0 Å². The van der Waals surface area contributed by atoms with Crippen LogP contribution in [-0.4, -0.2) is 41.4 Å². The lowest BCUT2D eigenvalue weighted by Crippen LogP contribution is -2.28. The van der Waals surface area contributed by atoms with Gasteiger partial charge in [-0.15, -0.1) is 0 Å². The highest BCUT2D eigenvalue weighted by Gasteiger charge is 2.20. The van der Waals surface area contributed by atoms with Crippen LogP contribution in [0.2, 0.25) is 0 Å². The third-order valence-electron chi connectivity index (χ3n) is 4.59. The van der Waals surface area contributed by atoms with E-state index < -0.39 is 6.10 Å². The molecular weight excluding hydrogens is 384 g/mol. The van der Waals surface area contributed by atoms with Crippen molar-refractivity contribution in [2.75, 3.05) is 19.8 Å². The Morgan fingerprint density at radius 3 is 2.50 bits per heavy atom. The second-order valence-electron chi connectivity index (χ2n) is 6.90. The van der Waals surface area contributed by atoms with Crippen molar-refractivity contribution in [2.24, 2.45) is 0 Å². The molecule has 7 heteroatoms. The fraction of sp³-hybridized carbons (Fsp3) is 0.522. The molecule has 1 aromatic heterocycles. The van der Waals surface area contributed by atoms with Gasteiger partial charge in [0, 0.05) is 37.8 Å². The molecule has 0 saturated heterocycles. The van der Waals surface area contributed by atoms with Gasteiger partial charge < -0.3 is 14.2 Å². The first-order valence-corrected chi connectivity index (χ1v) is 10.6. The van der Waals surface area contributed by atoms with E-state index in [0.717, 1.165) is 22.8 Å². The van der Waals surface area contributed by atoms with Crippen LogP contribution < -0.4 is 10.3 Å².